The average Bonchev–Trinajstić information content (AvgIpc) is 2.80. The van der Waals surface area contributed by atoms with Crippen LogP contribution < -0.4 is 4.72 Å². The van der Waals surface area contributed by atoms with Crippen LogP contribution in [0, 0.1) is 0 Å². The molecule has 3 nitrogen and oxygen atoms in total. The quantitative estimate of drug-likeness (QED) is 0.582. The monoisotopic (exact) mass is 397 g/mol. The van der Waals surface area contributed by atoms with Gasteiger partial charge in [-0.05, 0) is 25.1 Å². The van der Waals surface area contributed by atoms with Crippen LogP contribution in [0.2, 0.25) is 0 Å². The van der Waals surface area contributed by atoms with Crippen LogP contribution in [-0.4, -0.2) is 21.2 Å². The second-order valence-electron chi connectivity index (χ2n) is 4.90. The molecule has 0 bridgehead atoms. The van der Waals surface area contributed by atoms with Crippen LogP contribution in [0.3, 0.4) is 0 Å². The number of hydrogen-bond acceptors (Lipinski definition) is 3. The van der Waals surface area contributed by atoms with Gasteiger partial charge in [0.25, 0.3) is 0 Å². The molecule has 0 saturated carbocycles. The number of alkyl halides is 9. The summed E-state index contributed by atoms with van der Waals surface area (Å²) in [7, 11) is 0. The minimum absolute atomic E-state index is 0.0587. The zero-order chi connectivity index (χ0) is 19.2. The van der Waals surface area contributed by atoms with Crippen LogP contribution >= 0.6 is 12.1 Å². The molecule has 140 valence electrons. The summed E-state index contributed by atoms with van der Waals surface area (Å²) < 4.78 is 116. The van der Waals surface area contributed by atoms with Gasteiger partial charge >= 0.3 is 18.5 Å². The molecule has 1 aromatic heterocycles. The molecule has 0 radical (unpaired) electrons. The van der Waals surface area contributed by atoms with E-state index in [1.807, 2.05) is 0 Å². The summed E-state index contributed by atoms with van der Waals surface area (Å²) in [6.45, 7) is 0.682. The SMILES string of the molecule is CC(NSn1c(C(F)(F)F)nc2cc(C(F)(F)F)ccc21)C(F)(F)F. The molecule has 0 fully saturated rings. The van der Waals surface area contributed by atoms with Crippen molar-refractivity contribution >= 4 is 23.2 Å². The minimum atomic E-state index is -5.08. The van der Waals surface area contributed by atoms with E-state index in [0.29, 0.717) is 25.1 Å². The summed E-state index contributed by atoms with van der Waals surface area (Å²) in [5.74, 6) is -1.63. The van der Waals surface area contributed by atoms with Crippen molar-refractivity contribution in [3.05, 3.63) is 29.6 Å². The third-order valence-electron chi connectivity index (χ3n) is 3.01. The number of imidazole rings is 1. The highest BCUT2D eigenvalue weighted by Gasteiger charge is 2.40. The van der Waals surface area contributed by atoms with Gasteiger partial charge in [-0.3, -0.25) is 0 Å². The number of halogens is 9. The zero-order valence-electron chi connectivity index (χ0n) is 12.0. The Morgan fingerprint density at radius 1 is 1.00 bits per heavy atom. The number of hydrogen-bond donors (Lipinski definition) is 1. The van der Waals surface area contributed by atoms with Crippen molar-refractivity contribution in [2.45, 2.75) is 31.5 Å². The Morgan fingerprint density at radius 2 is 1.60 bits per heavy atom. The number of fused-ring (bicyclic) bond motifs is 1. The number of nitrogens with one attached hydrogen (secondary N) is 1. The lowest BCUT2D eigenvalue weighted by atomic mass is 10.2. The minimum Gasteiger partial charge on any atom is -0.249 e. The lowest BCUT2D eigenvalue weighted by molar-refractivity contribution is -0.146. The molecule has 1 atom stereocenters. The Kier molecular flexibility index (Phi) is 4.94. The van der Waals surface area contributed by atoms with Crippen molar-refractivity contribution < 1.29 is 39.5 Å². The lowest BCUT2D eigenvalue weighted by Crippen LogP contribution is -2.36. The van der Waals surface area contributed by atoms with Gasteiger partial charge in [0, 0.05) is 12.1 Å². The zero-order valence-corrected chi connectivity index (χ0v) is 12.8. The maximum atomic E-state index is 13.0. The second-order valence-corrected chi connectivity index (χ2v) is 5.68. The van der Waals surface area contributed by atoms with Gasteiger partial charge in [-0.25, -0.2) is 13.7 Å². The van der Waals surface area contributed by atoms with E-state index in [9.17, 15) is 39.5 Å². The highest BCUT2D eigenvalue weighted by Crippen LogP contribution is 2.37. The molecule has 2 rings (SSSR count). The van der Waals surface area contributed by atoms with Crippen molar-refractivity contribution in [3.63, 3.8) is 0 Å². The molecule has 25 heavy (non-hydrogen) atoms. The Balaban J connectivity index is 2.49. The Hall–Kier alpha value is -1.63. The van der Waals surface area contributed by atoms with Gasteiger partial charge in [0.1, 0.15) is 6.04 Å². The maximum Gasteiger partial charge on any atom is 0.450 e. The molecule has 0 saturated heterocycles. The first-order valence-corrected chi connectivity index (χ1v) is 7.15. The van der Waals surface area contributed by atoms with Crippen LogP contribution in [0.4, 0.5) is 39.5 Å². The molecular weight excluding hydrogens is 389 g/mol. The molecular formula is C12H8F9N3S. The predicted molar refractivity (Wildman–Crippen MR) is 71.4 cm³/mol. The molecule has 1 unspecified atom stereocenters. The molecule has 0 aliphatic rings. The van der Waals surface area contributed by atoms with E-state index in [2.05, 4.69) is 4.98 Å². The largest absolute Gasteiger partial charge is 0.450 e. The maximum absolute atomic E-state index is 13.0. The van der Waals surface area contributed by atoms with E-state index < -0.39 is 47.0 Å². The van der Waals surface area contributed by atoms with E-state index >= 15 is 0 Å². The van der Waals surface area contributed by atoms with Gasteiger partial charge in [-0.15, -0.1) is 0 Å². The fourth-order valence-electron chi connectivity index (χ4n) is 1.70. The van der Waals surface area contributed by atoms with E-state index in [1.165, 1.54) is 0 Å². The number of benzene rings is 1. The molecule has 1 aromatic carbocycles. The first-order valence-electron chi connectivity index (χ1n) is 6.37. The standard InChI is InChI=1S/C12H8F9N3S/c1-5(10(13,14)15)23-25-24-8-3-2-6(11(16,17)18)4-7(8)22-9(24)12(19,20)21/h2-5,23H,1H3. The van der Waals surface area contributed by atoms with Gasteiger partial charge in [0.2, 0.25) is 5.82 Å². The van der Waals surface area contributed by atoms with Crippen molar-refractivity contribution in [2.24, 2.45) is 0 Å². The number of aromatic nitrogens is 2. The summed E-state index contributed by atoms with van der Waals surface area (Å²) >= 11 is -0.0587. The van der Waals surface area contributed by atoms with Gasteiger partial charge in [0.15, 0.2) is 0 Å². The molecule has 1 N–H and O–H groups in total. The predicted octanol–water partition coefficient (Wildman–Crippen LogP) is 5.03. The molecule has 0 spiro atoms. The van der Waals surface area contributed by atoms with Gasteiger partial charge < -0.3 is 0 Å². The smallest absolute Gasteiger partial charge is 0.249 e. The van der Waals surface area contributed by atoms with E-state index in [1.54, 1.807) is 4.72 Å². The van der Waals surface area contributed by atoms with Crippen molar-refractivity contribution in [2.75, 3.05) is 0 Å². The molecule has 1 heterocycles. The molecule has 2 aromatic rings. The van der Waals surface area contributed by atoms with E-state index in [0.717, 1.165) is 0 Å². The summed E-state index contributed by atoms with van der Waals surface area (Å²) in [6, 6.07) is -0.526. The Labute approximate surface area is 138 Å². The summed E-state index contributed by atoms with van der Waals surface area (Å²) in [5, 5.41) is 0. The van der Waals surface area contributed by atoms with Gasteiger partial charge in [0.05, 0.1) is 16.6 Å². The summed E-state index contributed by atoms with van der Waals surface area (Å²) in [5.41, 5.74) is -2.27. The van der Waals surface area contributed by atoms with E-state index in [4.69, 9.17) is 0 Å². The van der Waals surface area contributed by atoms with Crippen LogP contribution in [-0.2, 0) is 12.4 Å². The van der Waals surface area contributed by atoms with E-state index in [-0.39, 0.29) is 16.1 Å². The summed E-state index contributed by atoms with van der Waals surface area (Å²) in [4.78, 5) is 3.09. The van der Waals surface area contributed by atoms with Crippen LogP contribution in [0.1, 0.15) is 18.3 Å². The topological polar surface area (TPSA) is 29.9 Å². The highest BCUT2D eigenvalue weighted by molar-refractivity contribution is 7.96. The fraction of sp³-hybridized carbons (Fsp3) is 0.417. The average molecular weight is 397 g/mol. The molecule has 0 aliphatic carbocycles. The number of nitrogens with zero attached hydrogens (tertiary/aromatic N) is 2. The first-order chi connectivity index (χ1) is 11.2. The van der Waals surface area contributed by atoms with Crippen molar-refractivity contribution in [3.8, 4) is 0 Å². The van der Waals surface area contributed by atoms with Crippen molar-refractivity contribution in [1.29, 1.82) is 0 Å². The van der Waals surface area contributed by atoms with Gasteiger partial charge in [-0.1, -0.05) is 0 Å². The third kappa shape index (κ3) is 4.32. The van der Waals surface area contributed by atoms with Crippen LogP contribution in [0.25, 0.3) is 11.0 Å². The third-order valence-corrected chi connectivity index (χ3v) is 4.02. The van der Waals surface area contributed by atoms with Crippen molar-refractivity contribution in [1.82, 2.24) is 13.7 Å². The normalized spacial score (nSPS) is 15.0. The Bertz CT molecular complexity index is 760. The van der Waals surface area contributed by atoms with Gasteiger partial charge in [-0.2, -0.15) is 39.5 Å². The molecule has 13 heteroatoms. The number of rotatable bonds is 3. The second kappa shape index (κ2) is 6.27. The fourth-order valence-corrected chi connectivity index (χ4v) is 2.58. The highest BCUT2D eigenvalue weighted by atomic mass is 32.2. The lowest BCUT2D eigenvalue weighted by Gasteiger charge is -2.18. The molecule has 0 amide bonds. The first kappa shape index (κ1) is 19.7. The molecule has 0 aliphatic heterocycles. The Morgan fingerprint density at radius 3 is 2.08 bits per heavy atom. The van der Waals surface area contributed by atoms with Crippen LogP contribution in [0.15, 0.2) is 18.2 Å². The summed E-state index contributed by atoms with van der Waals surface area (Å²) in [6.07, 6.45) is -14.6. The van der Waals surface area contributed by atoms with Crippen LogP contribution in [0.5, 0.6) is 0 Å².